The van der Waals surface area contributed by atoms with E-state index in [4.69, 9.17) is 17.0 Å². The molecule has 0 aliphatic carbocycles. The van der Waals surface area contributed by atoms with Gasteiger partial charge in [-0.15, -0.1) is 0 Å². The zero-order valence-electron chi connectivity index (χ0n) is 9.23. The van der Waals surface area contributed by atoms with Crippen LogP contribution in [0.15, 0.2) is 29.2 Å². The van der Waals surface area contributed by atoms with Crippen LogP contribution in [-0.4, -0.2) is 16.8 Å². The van der Waals surface area contributed by atoms with Crippen LogP contribution in [0.25, 0.3) is 6.08 Å². The highest BCUT2D eigenvalue weighted by molar-refractivity contribution is 8.26. The minimum Gasteiger partial charge on any atom is -0.494 e. The number of ether oxygens (including phenoxy) is 1. The van der Waals surface area contributed by atoms with Gasteiger partial charge in [0, 0.05) is 0 Å². The number of amides is 1. The standard InChI is InChI=1S/C12H11NO2S2/c1-2-15-9-5-3-4-8(6-9)7-10-11(14)13-12(16)17-10/h3-7H,2H2,1H3,(H,13,14,16). The van der Waals surface area contributed by atoms with Gasteiger partial charge in [0.2, 0.25) is 0 Å². The lowest BCUT2D eigenvalue weighted by Gasteiger charge is -2.03. The summed E-state index contributed by atoms with van der Waals surface area (Å²) in [5.41, 5.74) is 0.929. The van der Waals surface area contributed by atoms with Crippen LogP contribution in [0.5, 0.6) is 5.75 Å². The lowest BCUT2D eigenvalue weighted by Crippen LogP contribution is -2.17. The van der Waals surface area contributed by atoms with E-state index < -0.39 is 0 Å². The van der Waals surface area contributed by atoms with E-state index in [2.05, 4.69) is 5.32 Å². The van der Waals surface area contributed by atoms with Crippen molar-refractivity contribution in [3.63, 3.8) is 0 Å². The van der Waals surface area contributed by atoms with E-state index in [9.17, 15) is 4.79 Å². The molecule has 1 aromatic rings. The highest BCUT2D eigenvalue weighted by Gasteiger charge is 2.21. The van der Waals surface area contributed by atoms with Gasteiger partial charge in [-0.3, -0.25) is 4.79 Å². The molecule has 0 aromatic heterocycles. The zero-order valence-corrected chi connectivity index (χ0v) is 10.9. The van der Waals surface area contributed by atoms with Crippen LogP contribution in [0.1, 0.15) is 12.5 Å². The van der Waals surface area contributed by atoms with Crippen molar-refractivity contribution in [2.75, 3.05) is 6.61 Å². The number of thiocarbonyl (C=S) groups is 1. The van der Waals surface area contributed by atoms with E-state index in [1.54, 1.807) is 0 Å². The Bertz CT molecular complexity index is 497. The number of thioether (sulfide) groups is 1. The van der Waals surface area contributed by atoms with Gasteiger partial charge in [0.05, 0.1) is 11.5 Å². The topological polar surface area (TPSA) is 38.3 Å². The van der Waals surface area contributed by atoms with E-state index in [0.29, 0.717) is 15.8 Å². The summed E-state index contributed by atoms with van der Waals surface area (Å²) in [6, 6.07) is 7.60. The predicted octanol–water partition coefficient (Wildman–Crippen LogP) is 2.57. The molecule has 0 atom stereocenters. The molecule has 5 heteroatoms. The minimum absolute atomic E-state index is 0.137. The summed E-state index contributed by atoms with van der Waals surface area (Å²) < 4.78 is 5.90. The lowest BCUT2D eigenvalue weighted by atomic mass is 10.2. The molecular formula is C12H11NO2S2. The van der Waals surface area contributed by atoms with E-state index in [0.717, 1.165) is 11.3 Å². The van der Waals surface area contributed by atoms with Crippen molar-refractivity contribution in [3.8, 4) is 5.75 Å². The second-order valence-electron chi connectivity index (χ2n) is 3.36. The zero-order chi connectivity index (χ0) is 12.3. The average Bonchev–Trinajstić information content (AvgIpc) is 2.58. The molecule has 0 spiro atoms. The Labute approximate surface area is 109 Å². The molecule has 1 aliphatic heterocycles. The fourth-order valence-corrected chi connectivity index (χ4v) is 2.48. The Hall–Kier alpha value is -1.33. The third kappa shape index (κ3) is 3.08. The Morgan fingerprint density at radius 2 is 2.35 bits per heavy atom. The number of hydrogen-bond acceptors (Lipinski definition) is 4. The van der Waals surface area contributed by atoms with Gasteiger partial charge >= 0.3 is 0 Å². The largest absolute Gasteiger partial charge is 0.494 e. The summed E-state index contributed by atoms with van der Waals surface area (Å²) in [7, 11) is 0. The number of nitrogens with one attached hydrogen (secondary N) is 1. The smallest absolute Gasteiger partial charge is 0.263 e. The van der Waals surface area contributed by atoms with Crippen LogP contribution in [-0.2, 0) is 4.79 Å². The second-order valence-corrected chi connectivity index (χ2v) is 5.08. The lowest BCUT2D eigenvalue weighted by molar-refractivity contribution is -0.115. The van der Waals surface area contributed by atoms with Gasteiger partial charge in [-0.25, -0.2) is 0 Å². The van der Waals surface area contributed by atoms with Gasteiger partial charge in [-0.1, -0.05) is 36.1 Å². The normalized spacial score (nSPS) is 17.4. The molecule has 1 heterocycles. The van der Waals surface area contributed by atoms with Crippen LogP contribution in [0.3, 0.4) is 0 Å². The van der Waals surface area contributed by atoms with Gasteiger partial charge in [0.15, 0.2) is 0 Å². The van der Waals surface area contributed by atoms with Gasteiger partial charge in [0.1, 0.15) is 10.1 Å². The number of carbonyl (C=O) groups is 1. The number of rotatable bonds is 3. The summed E-state index contributed by atoms with van der Waals surface area (Å²) in [6.07, 6.45) is 1.81. The van der Waals surface area contributed by atoms with Gasteiger partial charge in [-0.2, -0.15) is 0 Å². The second kappa shape index (κ2) is 5.33. The fourth-order valence-electron chi connectivity index (χ4n) is 1.43. The molecule has 17 heavy (non-hydrogen) atoms. The maximum absolute atomic E-state index is 11.5. The van der Waals surface area contributed by atoms with E-state index in [1.165, 1.54) is 11.8 Å². The third-order valence-corrected chi connectivity index (χ3v) is 3.27. The van der Waals surface area contributed by atoms with Crippen molar-refractivity contribution in [1.82, 2.24) is 5.32 Å². The number of carbonyl (C=O) groups excluding carboxylic acids is 1. The predicted molar refractivity (Wildman–Crippen MR) is 73.9 cm³/mol. The Balaban J connectivity index is 2.23. The van der Waals surface area contributed by atoms with Gasteiger partial charge < -0.3 is 10.1 Å². The van der Waals surface area contributed by atoms with E-state index in [1.807, 2.05) is 37.3 Å². The monoisotopic (exact) mass is 265 g/mol. The summed E-state index contributed by atoms with van der Waals surface area (Å²) in [6.45, 7) is 2.56. The molecular weight excluding hydrogens is 254 g/mol. The molecule has 3 nitrogen and oxygen atoms in total. The highest BCUT2D eigenvalue weighted by Crippen LogP contribution is 2.26. The van der Waals surface area contributed by atoms with Crippen molar-refractivity contribution in [2.24, 2.45) is 0 Å². The molecule has 1 N–H and O–H groups in total. The summed E-state index contributed by atoms with van der Waals surface area (Å²) >= 11 is 6.20. The van der Waals surface area contributed by atoms with Crippen molar-refractivity contribution >= 4 is 40.3 Å². The van der Waals surface area contributed by atoms with Crippen molar-refractivity contribution in [1.29, 1.82) is 0 Å². The van der Waals surface area contributed by atoms with Crippen LogP contribution < -0.4 is 10.1 Å². The van der Waals surface area contributed by atoms with Crippen LogP contribution in [0.2, 0.25) is 0 Å². The number of benzene rings is 1. The molecule has 0 saturated carbocycles. The fraction of sp³-hybridized carbons (Fsp3) is 0.167. The Kier molecular flexibility index (Phi) is 3.81. The number of hydrogen-bond donors (Lipinski definition) is 1. The molecule has 88 valence electrons. The summed E-state index contributed by atoms with van der Waals surface area (Å²) in [4.78, 5) is 12.1. The SMILES string of the molecule is CCOc1cccc(C=C2SC(=S)NC2=O)c1. The molecule has 1 saturated heterocycles. The maximum Gasteiger partial charge on any atom is 0.263 e. The Morgan fingerprint density at radius 1 is 1.53 bits per heavy atom. The van der Waals surface area contributed by atoms with Crippen molar-refractivity contribution < 1.29 is 9.53 Å². The molecule has 1 aliphatic rings. The van der Waals surface area contributed by atoms with Crippen LogP contribution in [0.4, 0.5) is 0 Å². The van der Waals surface area contributed by atoms with Crippen molar-refractivity contribution in [2.45, 2.75) is 6.92 Å². The molecule has 0 bridgehead atoms. The minimum atomic E-state index is -0.137. The first-order chi connectivity index (χ1) is 8.19. The molecule has 2 rings (SSSR count). The average molecular weight is 265 g/mol. The van der Waals surface area contributed by atoms with Crippen molar-refractivity contribution in [3.05, 3.63) is 34.7 Å². The highest BCUT2D eigenvalue weighted by atomic mass is 32.2. The van der Waals surface area contributed by atoms with E-state index in [-0.39, 0.29) is 5.91 Å². The third-order valence-electron chi connectivity index (χ3n) is 2.11. The van der Waals surface area contributed by atoms with Gasteiger partial charge in [-0.05, 0) is 30.7 Å². The Morgan fingerprint density at radius 3 is 3.00 bits per heavy atom. The first kappa shape index (κ1) is 12.1. The van der Waals surface area contributed by atoms with E-state index >= 15 is 0 Å². The quantitative estimate of drug-likeness (QED) is 0.673. The van der Waals surface area contributed by atoms with Gasteiger partial charge in [0.25, 0.3) is 5.91 Å². The molecule has 0 radical (unpaired) electrons. The molecule has 1 aromatic carbocycles. The summed E-state index contributed by atoms with van der Waals surface area (Å²) in [5.74, 6) is 0.662. The van der Waals surface area contributed by atoms with Crippen LogP contribution in [0, 0.1) is 0 Å². The maximum atomic E-state index is 11.5. The first-order valence-electron chi connectivity index (χ1n) is 5.17. The summed E-state index contributed by atoms with van der Waals surface area (Å²) in [5, 5.41) is 2.58. The first-order valence-corrected chi connectivity index (χ1v) is 6.39. The molecule has 1 fully saturated rings. The van der Waals surface area contributed by atoms with Crippen LogP contribution >= 0.6 is 24.0 Å². The molecule has 1 amide bonds. The molecule has 0 unspecified atom stereocenters.